The molecule has 0 unspecified atom stereocenters. The minimum atomic E-state index is -0.279. The summed E-state index contributed by atoms with van der Waals surface area (Å²) >= 11 is 5.87. The van der Waals surface area contributed by atoms with Gasteiger partial charge < -0.3 is 10.6 Å². The fourth-order valence-corrected chi connectivity index (χ4v) is 2.38. The van der Waals surface area contributed by atoms with Gasteiger partial charge in [0.2, 0.25) is 5.95 Å². The van der Waals surface area contributed by atoms with Crippen molar-refractivity contribution in [1.82, 2.24) is 25.1 Å². The van der Waals surface area contributed by atoms with Crippen molar-refractivity contribution in [3.8, 4) is 0 Å². The molecule has 2 aromatic rings. The van der Waals surface area contributed by atoms with Crippen LogP contribution in [-0.2, 0) is 13.0 Å². The molecule has 0 aromatic carbocycles. The minimum absolute atomic E-state index is 0.0441. The van der Waals surface area contributed by atoms with Crippen LogP contribution in [0.3, 0.4) is 0 Å². The number of aromatic amines is 2. The van der Waals surface area contributed by atoms with E-state index in [4.69, 9.17) is 17.3 Å². The van der Waals surface area contributed by atoms with Gasteiger partial charge in [-0.15, -0.1) is 0 Å². The van der Waals surface area contributed by atoms with Crippen LogP contribution in [0.5, 0.6) is 0 Å². The SMILES string of the molecule is Nc1nc2c(c(=O)[nH]1)CCN(C(=O)c1[nH]ncc1Cl)C2. The van der Waals surface area contributed by atoms with Crippen LogP contribution in [-0.4, -0.2) is 37.5 Å². The number of carbonyl (C=O) groups excluding carboxylic acids is 1. The second-order valence-corrected chi connectivity index (χ2v) is 4.85. The third kappa shape index (κ3) is 2.03. The quantitative estimate of drug-likeness (QED) is 0.679. The maximum atomic E-state index is 12.3. The predicted molar refractivity (Wildman–Crippen MR) is 71.3 cm³/mol. The minimum Gasteiger partial charge on any atom is -0.369 e. The lowest BCUT2D eigenvalue weighted by molar-refractivity contribution is 0.0725. The van der Waals surface area contributed by atoms with Crippen LogP contribution in [0.25, 0.3) is 0 Å². The third-order valence-electron chi connectivity index (χ3n) is 3.19. The van der Waals surface area contributed by atoms with Crippen LogP contribution in [0.1, 0.15) is 21.7 Å². The van der Waals surface area contributed by atoms with Gasteiger partial charge in [0.1, 0.15) is 5.69 Å². The van der Waals surface area contributed by atoms with E-state index in [-0.39, 0.29) is 34.7 Å². The third-order valence-corrected chi connectivity index (χ3v) is 3.47. The number of hydrogen-bond acceptors (Lipinski definition) is 5. The number of nitrogens with one attached hydrogen (secondary N) is 2. The van der Waals surface area contributed by atoms with Gasteiger partial charge in [0.25, 0.3) is 11.5 Å². The van der Waals surface area contributed by atoms with Gasteiger partial charge in [-0.25, -0.2) is 4.98 Å². The first-order chi connectivity index (χ1) is 9.56. The molecule has 0 fully saturated rings. The van der Waals surface area contributed by atoms with Crippen molar-refractivity contribution in [2.45, 2.75) is 13.0 Å². The zero-order valence-electron chi connectivity index (χ0n) is 10.3. The molecule has 4 N–H and O–H groups in total. The molecule has 3 heterocycles. The molecule has 0 spiro atoms. The monoisotopic (exact) mass is 294 g/mol. The van der Waals surface area contributed by atoms with Crippen molar-refractivity contribution in [1.29, 1.82) is 0 Å². The summed E-state index contributed by atoms with van der Waals surface area (Å²) in [5, 5.41) is 6.54. The van der Waals surface area contributed by atoms with Crippen LogP contribution in [0.15, 0.2) is 11.0 Å². The lowest BCUT2D eigenvalue weighted by Crippen LogP contribution is -2.39. The smallest absolute Gasteiger partial charge is 0.273 e. The van der Waals surface area contributed by atoms with Gasteiger partial charge in [-0.2, -0.15) is 5.10 Å². The first-order valence-electron chi connectivity index (χ1n) is 5.92. The number of anilines is 1. The fraction of sp³-hybridized carbons (Fsp3) is 0.273. The van der Waals surface area contributed by atoms with Gasteiger partial charge in [-0.3, -0.25) is 19.7 Å². The highest BCUT2D eigenvalue weighted by molar-refractivity contribution is 6.33. The Kier molecular flexibility index (Phi) is 2.94. The molecule has 104 valence electrons. The van der Waals surface area contributed by atoms with Crippen molar-refractivity contribution >= 4 is 23.5 Å². The van der Waals surface area contributed by atoms with Gasteiger partial charge in [0, 0.05) is 12.1 Å². The standard InChI is InChI=1S/C11H11ClN6O2/c12-6-3-14-17-8(6)10(20)18-2-1-5-7(4-18)15-11(13)16-9(5)19/h3H,1-2,4H2,(H,14,17)(H3,13,15,16,19). The van der Waals surface area contributed by atoms with Crippen LogP contribution >= 0.6 is 11.6 Å². The van der Waals surface area contributed by atoms with Gasteiger partial charge in [0.15, 0.2) is 0 Å². The average Bonchev–Trinajstić information content (AvgIpc) is 2.83. The Morgan fingerprint density at radius 3 is 3.00 bits per heavy atom. The van der Waals surface area contributed by atoms with E-state index in [0.717, 1.165) is 0 Å². The molecule has 9 heteroatoms. The zero-order chi connectivity index (χ0) is 14.3. The topological polar surface area (TPSA) is 121 Å². The van der Waals surface area contributed by atoms with Crippen molar-refractivity contribution in [2.75, 3.05) is 12.3 Å². The highest BCUT2D eigenvalue weighted by atomic mass is 35.5. The molecular formula is C11H11ClN6O2. The van der Waals surface area contributed by atoms with Gasteiger partial charge in [-0.05, 0) is 6.42 Å². The number of amides is 1. The molecule has 1 aliphatic rings. The summed E-state index contributed by atoms with van der Waals surface area (Å²) in [6.07, 6.45) is 1.79. The number of nitrogens with two attached hydrogens (primary N) is 1. The maximum absolute atomic E-state index is 12.3. The Morgan fingerprint density at radius 2 is 2.30 bits per heavy atom. The summed E-state index contributed by atoms with van der Waals surface area (Å²) in [7, 11) is 0. The van der Waals surface area contributed by atoms with E-state index in [1.165, 1.54) is 6.20 Å². The number of nitrogens with zero attached hydrogens (tertiary/aromatic N) is 3. The second kappa shape index (κ2) is 4.64. The van der Waals surface area contributed by atoms with Crippen molar-refractivity contribution in [2.24, 2.45) is 0 Å². The summed E-state index contributed by atoms with van der Waals surface area (Å²) in [5.74, 6) is -0.235. The predicted octanol–water partition coefficient (Wildman–Crippen LogP) is -0.0729. The molecule has 1 amide bonds. The number of H-pyrrole nitrogens is 2. The van der Waals surface area contributed by atoms with E-state index < -0.39 is 0 Å². The Labute approximate surface area is 118 Å². The van der Waals surface area contributed by atoms with E-state index in [2.05, 4.69) is 20.2 Å². The van der Waals surface area contributed by atoms with Gasteiger partial charge in [-0.1, -0.05) is 11.6 Å². The molecular weight excluding hydrogens is 284 g/mol. The number of aromatic nitrogens is 4. The summed E-state index contributed by atoms with van der Waals surface area (Å²) in [6, 6.07) is 0. The second-order valence-electron chi connectivity index (χ2n) is 4.45. The highest BCUT2D eigenvalue weighted by Gasteiger charge is 2.26. The van der Waals surface area contributed by atoms with Crippen LogP contribution in [0.4, 0.5) is 5.95 Å². The number of carbonyl (C=O) groups is 1. The lowest BCUT2D eigenvalue weighted by Gasteiger charge is -2.27. The number of fused-ring (bicyclic) bond motifs is 1. The normalized spacial score (nSPS) is 14.2. The summed E-state index contributed by atoms with van der Waals surface area (Å²) < 4.78 is 0. The van der Waals surface area contributed by atoms with Crippen LogP contribution < -0.4 is 11.3 Å². The zero-order valence-corrected chi connectivity index (χ0v) is 11.1. The molecule has 8 nitrogen and oxygen atoms in total. The van der Waals surface area contributed by atoms with Crippen molar-refractivity contribution in [3.05, 3.63) is 38.5 Å². The fourth-order valence-electron chi connectivity index (χ4n) is 2.21. The summed E-state index contributed by atoms with van der Waals surface area (Å²) in [4.78, 5) is 32.1. The first kappa shape index (κ1) is 12.7. The van der Waals surface area contributed by atoms with E-state index in [1.807, 2.05) is 0 Å². The van der Waals surface area contributed by atoms with Crippen LogP contribution in [0.2, 0.25) is 5.02 Å². The molecule has 0 radical (unpaired) electrons. The van der Waals surface area contributed by atoms with Crippen molar-refractivity contribution < 1.29 is 4.79 Å². The van der Waals surface area contributed by atoms with Crippen molar-refractivity contribution in [3.63, 3.8) is 0 Å². The molecule has 1 aliphatic heterocycles. The Hall–Kier alpha value is -2.35. The first-order valence-corrected chi connectivity index (χ1v) is 6.29. The molecule has 0 saturated heterocycles. The van der Waals surface area contributed by atoms with Gasteiger partial charge >= 0.3 is 0 Å². The molecule has 20 heavy (non-hydrogen) atoms. The Morgan fingerprint density at radius 1 is 1.50 bits per heavy atom. The molecule has 0 bridgehead atoms. The number of hydrogen-bond donors (Lipinski definition) is 3. The summed E-state index contributed by atoms with van der Waals surface area (Å²) in [5.41, 5.74) is 6.58. The summed E-state index contributed by atoms with van der Waals surface area (Å²) in [6.45, 7) is 0.632. The Bertz CT molecular complexity index is 737. The van der Waals surface area contributed by atoms with E-state index in [1.54, 1.807) is 4.90 Å². The van der Waals surface area contributed by atoms with E-state index in [0.29, 0.717) is 24.2 Å². The Balaban J connectivity index is 1.91. The molecule has 0 atom stereocenters. The van der Waals surface area contributed by atoms with Gasteiger partial charge in [0.05, 0.1) is 23.5 Å². The molecule has 2 aromatic heterocycles. The molecule has 3 rings (SSSR count). The van der Waals surface area contributed by atoms with E-state index in [9.17, 15) is 9.59 Å². The van der Waals surface area contributed by atoms with Crippen LogP contribution in [0, 0.1) is 0 Å². The maximum Gasteiger partial charge on any atom is 0.273 e. The number of halogens is 1. The largest absolute Gasteiger partial charge is 0.369 e. The molecule has 0 saturated carbocycles. The number of rotatable bonds is 1. The number of nitrogen functional groups attached to an aromatic ring is 1. The average molecular weight is 295 g/mol. The van der Waals surface area contributed by atoms with E-state index >= 15 is 0 Å². The molecule has 0 aliphatic carbocycles. The lowest BCUT2D eigenvalue weighted by atomic mass is 10.1. The highest BCUT2D eigenvalue weighted by Crippen LogP contribution is 2.19.